The number of nitrogens with two attached hydrogens (primary N) is 2. The molecule has 1 aliphatic heterocycles. The molecule has 0 bridgehead atoms. The normalized spacial score (nSPS) is 17.9. The molecule has 0 amide bonds. The summed E-state index contributed by atoms with van der Waals surface area (Å²) in [5.41, 5.74) is 9.48. The van der Waals surface area contributed by atoms with Crippen LogP contribution in [0.15, 0.2) is 53.6 Å². The Morgan fingerprint density at radius 3 is 2.11 bits per heavy atom. The van der Waals surface area contributed by atoms with Crippen LogP contribution in [0.25, 0.3) is 22.5 Å². The van der Waals surface area contributed by atoms with Crippen LogP contribution < -0.4 is 22.0 Å². The van der Waals surface area contributed by atoms with Gasteiger partial charge in [0.2, 0.25) is 0 Å². The van der Waals surface area contributed by atoms with Crippen LogP contribution in [0.5, 0.6) is 0 Å². The number of nitrogens with zero attached hydrogens (tertiary/aromatic N) is 4. The molecule has 4 rings (SSSR count). The van der Waals surface area contributed by atoms with Gasteiger partial charge in [-0.3, -0.25) is 0 Å². The summed E-state index contributed by atoms with van der Waals surface area (Å²) in [5, 5.41) is 14.7. The van der Waals surface area contributed by atoms with E-state index in [0.717, 1.165) is 53.3 Å². The summed E-state index contributed by atoms with van der Waals surface area (Å²) in [5.74, 6) is 12.1. The Bertz CT molecular complexity index is 1180. The molecule has 0 aliphatic carbocycles. The van der Waals surface area contributed by atoms with Gasteiger partial charge in [-0.15, -0.1) is 0 Å². The highest BCUT2D eigenvalue weighted by atomic mass is 16.3. The fourth-order valence-electron chi connectivity index (χ4n) is 4.66. The number of unbranched alkanes of at least 4 members (excludes halogenated alkanes) is 1. The van der Waals surface area contributed by atoms with Crippen LogP contribution in [0.4, 0.5) is 5.82 Å². The summed E-state index contributed by atoms with van der Waals surface area (Å²) in [6, 6.07) is 16.7. The molecule has 0 radical (unpaired) electrons. The minimum atomic E-state index is -0.520. The van der Waals surface area contributed by atoms with Crippen molar-refractivity contribution in [2.75, 3.05) is 11.9 Å². The van der Waals surface area contributed by atoms with E-state index in [2.05, 4.69) is 77.8 Å². The van der Waals surface area contributed by atoms with E-state index in [-0.39, 0.29) is 6.04 Å². The molecule has 0 spiro atoms. The van der Waals surface area contributed by atoms with Gasteiger partial charge in [-0.1, -0.05) is 66.1 Å². The number of aryl methyl sites for hydroxylation is 2. The summed E-state index contributed by atoms with van der Waals surface area (Å²) in [4.78, 5) is 12.3. The van der Waals surface area contributed by atoms with E-state index < -0.39 is 6.10 Å². The Hall–Kier alpha value is -3.49. The standard InChI is InChI=1S/C27H35N7O/c1-17-8-12-19(13-9-17)25-26(20-14-10-18(2)11-15-20)31-27-21(30-25)16-23(35)22(34(27)3)6-4-5-7-24(32-28)33-29/h8-15,22-23,35H,4-7,16,28-29H2,1-3H3,(H,32,33). The molecule has 8 heteroatoms. The van der Waals surface area contributed by atoms with Crippen LogP contribution in [0.1, 0.15) is 42.5 Å². The Labute approximate surface area is 207 Å². The van der Waals surface area contributed by atoms with Crippen molar-refractivity contribution < 1.29 is 5.11 Å². The number of aromatic nitrogens is 2. The van der Waals surface area contributed by atoms with Crippen LogP contribution in [0, 0.1) is 13.8 Å². The van der Waals surface area contributed by atoms with Gasteiger partial charge in [-0.05, 0) is 26.7 Å². The third-order valence-electron chi connectivity index (χ3n) is 6.76. The number of fused-ring (bicyclic) bond motifs is 1. The van der Waals surface area contributed by atoms with E-state index in [0.29, 0.717) is 18.7 Å². The van der Waals surface area contributed by atoms with Crippen LogP contribution in [-0.4, -0.2) is 40.1 Å². The quantitative estimate of drug-likeness (QED) is 0.136. The maximum Gasteiger partial charge on any atom is 0.151 e. The molecule has 0 saturated heterocycles. The van der Waals surface area contributed by atoms with Crippen molar-refractivity contribution in [3.8, 4) is 22.5 Å². The Balaban J connectivity index is 1.66. The van der Waals surface area contributed by atoms with Crippen LogP contribution >= 0.6 is 0 Å². The monoisotopic (exact) mass is 473 g/mol. The molecule has 2 heterocycles. The SMILES string of the molecule is Cc1ccc(-c2nc3c(nc2-c2ccc(C)cc2)N(C)C(CCCC/C(=N/N)NN)C(O)C3)cc1. The summed E-state index contributed by atoms with van der Waals surface area (Å²) in [7, 11) is 2.00. The molecule has 1 aliphatic rings. The number of nitrogens with one attached hydrogen (secondary N) is 1. The summed E-state index contributed by atoms with van der Waals surface area (Å²) < 4.78 is 0. The molecule has 1 aromatic heterocycles. The second kappa shape index (κ2) is 10.8. The van der Waals surface area contributed by atoms with Gasteiger partial charge in [0, 0.05) is 31.0 Å². The number of rotatable bonds is 7. The van der Waals surface area contributed by atoms with Crippen molar-refractivity contribution in [3.63, 3.8) is 0 Å². The number of hydrazone groups is 1. The molecule has 2 unspecified atom stereocenters. The molecule has 3 aromatic rings. The third kappa shape index (κ3) is 5.44. The van der Waals surface area contributed by atoms with Gasteiger partial charge in [-0.2, -0.15) is 5.10 Å². The number of anilines is 1. The lowest BCUT2D eigenvalue weighted by Crippen LogP contribution is -2.47. The van der Waals surface area contributed by atoms with Gasteiger partial charge < -0.3 is 21.3 Å². The number of hydrogen-bond acceptors (Lipinski definition) is 7. The highest BCUT2D eigenvalue weighted by Crippen LogP contribution is 2.36. The zero-order valence-electron chi connectivity index (χ0n) is 20.7. The lowest BCUT2D eigenvalue weighted by Gasteiger charge is -2.38. The number of hydrogen-bond donors (Lipinski definition) is 4. The second-order valence-electron chi connectivity index (χ2n) is 9.34. The number of benzene rings is 2. The predicted molar refractivity (Wildman–Crippen MR) is 142 cm³/mol. The summed E-state index contributed by atoms with van der Waals surface area (Å²) in [6.07, 6.45) is 3.23. The molecular weight excluding hydrogens is 438 g/mol. The first-order chi connectivity index (χ1) is 16.9. The Morgan fingerprint density at radius 2 is 1.57 bits per heavy atom. The van der Waals surface area contributed by atoms with Crippen molar-refractivity contribution in [1.82, 2.24) is 15.4 Å². The minimum Gasteiger partial charge on any atom is -0.391 e. The van der Waals surface area contributed by atoms with Gasteiger partial charge in [0.15, 0.2) is 5.82 Å². The predicted octanol–water partition coefficient (Wildman–Crippen LogP) is 3.45. The third-order valence-corrected chi connectivity index (χ3v) is 6.76. The molecule has 184 valence electrons. The highest BCUT2D eigenvalue weighted by Gasteiger charge is 2.34. The van der Waals surface area contributed by atoms with Gasteiger partial charge in [0.05, 0.1) is 29.2 Å². The largest absolute Gasteiger partial charge is 0.391 e. The molecule has 35 heavy (non-hydrogen) atoms. The van der Waals surface area contributed by atoms with Crippen molar-refractivity contribution in [2.24, 2.45) is 16.8 Å². The van der Waals surface area contributed by atoms with E-state index >= 15 is 0 Å². The fourth-order valence-corrected chi connectivity index (χ4v) is 4.66. The average Bonchev–Trinajstić information content (AvgIpc) is 2.86. The van der Waals surface area contributed by atoms with E-state index in [4.69, 9.17) is 21.7 Å². The number of amidine groups is 1. The second-order valence-corrected chi connectivity index (χ2v) is 9.34. The van der Waals surface area contributed by atoms with Crippen molar-refractivity contribution >= 4 is 11.7 Å². The number of aliphatic hydroxyl groups is 1. The van der Waals surface area contributed by atoms with E-state index in [1.54, 1.807) is 0 Å². The molecular formula is C27H35N7O. The molecule has 0 fully saturated rings. The zero-order valence-corrected chi connectivity index (χ0v) is 20.7. The minimum absolute atomic E-state index is 0.0445. The van der Waals surface area contributed by atoms with Gasteiger partial charge in [-0.25, -0.2) is 15.8 Å². The summed E-state index contributed by atoms with van der Waals surface area (Å²) >= 11 is 0. The van der Waals surface area contributed by atoms with E-state index in [1.165, 1.54) is 11.1 Å². The first kappa shape index (κ1) is 24.6. The van der Waals surface area contributed by atoms with Crippen LogP contribution in [-0.2, 0) is 6.42 Å². The first-order valence-electron chi connectivity index (χ1n) is 12.1. The molecule has 2 atom stereocenters. The van der Waals surface area contributed by atoms with Crippen molar-refractivity contribution in [3.05, 3.63) is 65.4 Å². The number of likely N-dealkylation sites (N-methyl/N-ethyl adjacent to an activating group) is 1. The van der Waals surface area contributed by atoms with E-state index in [9.17, 15) is 5.11 Å². The lowest BCUT2D eigenvalue weighted by atomic mass is 9.93. The van der Waals surface area contributed by atoms with Crippen LogP contribution in [0.3, 0.4) is 0 Å². The Kier molecular flexibility index (Phi) is 7.63. The smallest absolute Gasteiger partial charge is 0.151 e. The molecule has 0 saturated carbocycles. The topological polar surface area (TPSA) is 126 Å². The number of hydrazine groups is 1. The van der Waals surface area contributed by atoms with Gasteiger partial charge in [0.25, 0.3) is 0 Å². The first-order valence-corrected chi connectivity index (χ1v) is 12.1. The zero-order chi connectivity index (χ0) is 24.9. The lowest BCUT2D eigenvalue weighted by molar-refractivity contribution is 0.129. The van der Waals surface area contributed by atoms with Crippen LogP contribution in [0.2, 0.25) is 0 Å². The average molecular weight is 474 g/mol. The van der Waals surface area contributed by atoms with Crippen molar-refractivity contribution in [1.29, 1.82) is 0 Å². The highest BCUT2D eigenvalue weighted by molar-refractivity contribution is 5.81. The van der Waals surface area contributed by atoms with Gasteiger partial charge in [0.1, 0.15) is 5.84 Å². The molecule has 6 N–H and O–H groups in total. The van der Waals surface area contributed by atoms with E-state index in [1.807, 2.05) is 7.05 Å². The molecule has 8 nitrogen and oxygen atoms in total. The maximum absolute atomic E-state index is 11.0. The van der Waals surface area contributed by atoms with Gasteiger partial charge >= 0.3 is 0 Å². The maximum atomic E-state index is 11.0. The molecule has 2 aromatic carbocycles. The summed E-state index contributed by atoms with van der Waals surface area (Å²) in [6.45, 7) is 4.15. The fraction of sp³-hybridized carbons (Fsp3) is 0.370. The van der Waals surface area contributed by atoms with Crippen molar-refractivity contribution in [2.45, 2.75) is 58.1 Å². The Morgan fingerprint density at radius 1 is 1.00 bits per heavy atom. The number of aliphatic hydroxyl groups excluding tert-OH is 1.